The van der Waals surface area contributed by atoms with E-state index in [0.717, 1.165) is 0 Å². The van der Waals surface area contributed by atoms with Crippen LogP contribution in [0, 0.1) is 0 Å². The summed E-state index contributed by atoms with van der Waals surface area (Å²) in [6.07, 6.45) is 0. The second-order valence-electron chi connectivity index (χ2n) is 10.3. The fraction of sp³-hybridized carbons (Fsp3) is 0.0556. The number of aromatic nitrogens is 1. The maximum absolute atomic E-state index is 2.44. The van der Waals surface area contributed by atoms with E-state index in [4.69, 9.17) is 0 Å². The van der Waals surface area contributed by atoms with Crippen LogP contribution in [0.25, 0.3) is 49.4 Å². The predicted octanol–water partition coefficient (Wildman–Crippen LogP) is 9.27. The molecule has 6 aromatic carbocycles. The molecule has 0 radical (unpaired) electrons. The SMILES string of the molecule is CC1(c2ccc3c(c2)c2ccccc2n3-c2ccccc2)c2ccccc2-c2c1ccc1ccccc21. The zero-order valence-electron chi connectivity index (χ0n) is 20.6. The van der Waals surface area contributed by atoms with Gasteiger partial charge in [0.1, 0.15) is 0 Å². The average Bonchev–Trinajstić information content (AvgIpc) is 3.44. The van der Waals surface area contributed by atoms with Crippen LogP contribution in [-0.2, 0) is 5.41 Å². The molecule has 0 fully saturated rings. The first-order valence-corrected chi connectivity index (χ1v) is 13.0. The molecule has 37 heavy (non-hydrogen) atoms. The van der Waals surface area contributed by atoms with Gasteiger partial charge in [-0.3, -0.25) is 0 Å². The summed E-state index contributed by atoms with van der Waals surface area (Å²) in [6.45, 7) is 2.41. The molecule has 0 bridgehead atoms. The molecule has 0 amide bonds. The number of fused-ring (bicyclic) bond motifs is 8. The van der Waals surface area contributed by atoms with E-state index >= 15 is 0 Å². The van der Waals surface area contributed by atoms with E-state index in [2.05, 4.69) is 145 Å². The Morgan fingerprint density at radius 2 is 1.22 bits per heavy atom. The van der Waals surface area contributed by atoms with Gasteiger partial charge in [0.2, 0.25) is 0 Å². The Labute approximate surface area is 216 Å². The van der Waals surface area contributed by atoms with Crippen LogP contribution in [0.4, 0.5) is 0 Å². The topological polar surface area (TPSA) is 4.93 Å². The van der Waals surface area contributed by atoms with Gasteiger partial charge in [-0.15, -0.1) is 0 Å². The van der Waals surface area contributed by atoms with Crippen LogP contribution in [-0.4, -0.2) is 4.57 Å². The molecule has 174 valence electrons. The first-order valence-electron chi connectivity index (χ1n) is 13.0. The second-order valence-corrected chi connectivity index (χ2v) is 10.3. The molecule has 8 rings (SSSR count). The van der Waals surface area contributed by atoms with Crippen LogP contribution in [0.15, 0.2) is 133 Å². The fourth-order valence-corrected chi connectivity index (χ4v) is 6.71. The molecule has 0 N–H and O–H groups in total. The Hall–Kier alpha value is -4.62. The highest BCUT2D eigenvalue weighted by molar-refractivity contribution is 6.10. The van der Waals surface area contributed by atoms with Gasteiger partial charge in [0.15, 0.2) is 0 Å². The van der Waals surface area contributed by atoms with Gasteiger partial charge in [0.05, 0.1) is 11.0 Å². The third-order valence-electron chi connectivity index (χ3n) is 8.47. The highest BCUT2D eigenvalue weighted by Gasteiger charge is 2.41. The van der Waals surface area contributed by atoms with Crippen molar-refractivity contribution in [1.82, 2.24) is 4.57 Å². The van der Waals surface area contributed by atoms with Crippen LogP contribution in [0.1, 0.15) is 23.6 Å². The van der Waals surface area contributed by atoms with E-state index in [1.54, 1.807) is 0 Å². The number of nitrogens with zero attached hydrogens (tertiary/aromatic N) is 1. The van der Waals surface area contributed by atoms with Gasteiger partial charge in [0, 0.05) is 21.9 Å². The predicted molar refractivity (Wildman–Crippen MR) is 156 cm³/mol. The number of hydrogen-bond donors (Lipinski definition) is 0. The van der Waals surface area contributed by atoms with Crippen molar-refractivity contribution in [3.8, 4) is 16.8 Å². The van der Waals surface area contributed by atoms with Crippen molar-refractivity contribution in [2.24, 2.45) is 0 Å². The Morgan fingerprint density at radius 1 is 0.514 bits per heavy atom. The minimum absolute atomic E-state index is 0.236. The molecule has 1 heterocycles. The quantitative estimate of drug-likeness (QED) is 0.237. The average molecular weight is 472 g/mol. The fourth-order valence-electron chi connectivity index (χ4n) is 6.71. The maximum atomic E-state index is 2.44. The normalized spacial score (nSPS) is 16.4. The van der Waals surface area contributed by atoms with Crippen molar-refractivity contribution in [1.29, 1.82) is 0 Å². The minimum atomic E-state index is -0.236. The third-order valence-corrected chi connectivity index (χ3v) is 8.47. The minimum Gasteiger partial charge on any atom is -0.309 e. The van der Waals surface area contributed by atoms with Crippen LogP contribution in [0.5, 0.6) is 0 Å². The molecule has 1 aliphatic carbocycles. The molecule has 1 atom stereocenters. The smallest absolute Gasteiger partial charge is 0.0541 e. The summed E-state index contributed by atoms with van der Waals surface area (Å²) in [6, 6.07) is 49.0. The molecule has 1 heteroatoms. The number of para-hydroxylation sites is 2. The van der Waals surface area contributed by atoms with Crippen molar-refractivity contribution in [2.75, 3.05) is 0 Å². The summed E-state index contributed by atoms with van der Waals surface area (Å²) in [7, 11) is 0. The van der Waals surface area contributed by atoms with Crippen LogP contribution in [0.2, 0.25) is 0 Å². The van der Waals surface area contributed by atoms with E-state index in [1.807, 2.05) is 0 Å². The van der Waals surface area contributed by atoms with Gasteiger partial charge in [-0.1, -0.05) is 103 Å². The Balaban J connectivity index is 1.45. The van der Waals surface area contributed by atoms with Crippen molar-refractivity contribution < 1.29 is 0 Å². The Kier molecular flexibility index (Phi) is 4.14. The zero-order valence-corrected chi connectivity index (χ0v) is 20.6. The summed E-state index contributed by atoms with van der Waals surface area (Å²) >= 11 is 0. The molecule has 1 nitrogen and oxygen atoms in total. The summed E-state index contributed by atoms with van der Waals surface area (Å²) in [5, 5.41) is 5.21. The lowest BCUT2D eigenvalue weighted by atomic mass is 9.74. The Morgan fingerprint density at radius 3 is 2.11 bits per heavy atom. The van der Waals surface area contributed by atoms with Crippen LogP contribution < -0.4 is 0 Å². The number of benzene rings is 6. The summed E-state index contributed by atoms with van der Waals surface area (Å²) in [5.41, 5.74) is 10.3. The van der Waals surface area contributed by atoms with Gasteiger partial charge < -0.3 is 4.57 Å². The summed E-state index contributed by atoms with van der Waals surface area (Å²) in [4.78, 5) is 0. The number of hydrogen-bond acceptors (Lipinski definition) is 0. The van der Waals surface area contributed by atoms with Crippen molar-refractivity contribution in [3.05, 3.63) is 150 Å². The second kappa shape index (κ2) is 7.44. The molecule has 0 spiro atoms. The van der Waals surface area contributed by atoms with E-state index in [9.17, 15) is 0 Å². The number of rotatable bonds is 2. The molecule has 1 unspecified atom stereocenters. The van der Waals surface area contributed by atoms with E-state index in [0.29, 0.717) is 0 Å². The largest absolute Gasteiger partial charge is 0.309 e. The van der Waals surface area contributed by atoms with E-state index in [1.165, 1.54) is 66.1 Å². The monoisotopic (exact) mass is 471 g/mol. The van der Waals surface area contributed by atoms with Crippen LogP contribution >= 0.6 is 0 Å². The molecule has 7 aromatic rings. The first-order chi connectivity index (χ1) is 18.2. The van der Waals surface area contributed by atoms with Gasteiger partial charge in [-0.25, -0.2) is 0 Å². The molecular weight excluding hydrogens is 446 g/mol. The van der Waals surface area contributed by atoms with E-state index in [-0.39, 0.29) is 5.41 Å². The lowest BCUT2D eigenvalue weighted by molar-refractivity contribution is 0.715. The van der Waals surface area contributed by atoms with E-state index < -0.39 is 0 Å². The van der Waals surface area contributed by atoms with Gasteiger partial charge >= 0.3 is 0 Å². The molecule has 1 aliphatic rings. The summed E-state index contributed by atoms with van der Waals surface area (Å²) < 4.78 is 2.39. The molecule has 1 aromatic heterocycles. The third kappa shape index (κ3) is 2.69. The highest BCUT2D eigenvalue weighted by Crippen LogP contribution is 2.54. The Bertz CT molecular complexity index is 1990. The standard InChI is InChI=1S/C36H25N/c1-36(31-17-9-7-16-29(31)35-27-14-6-5-11-24(27)19-21-32(35)36)25-20-22-34-30(23-25)28-15-8-10-18-33(28)37(34)26-12-3-2-4-13-26/h2-23H,1H3. The van der Waals surface area contributed by atoms with Crippen molar-refractivity contribution in [2.45, 2.75) is 12.3 Å². The summed E-state index contributed by atoms with van der Waals surface area (Å²) in [5.74, 6) is 0. The first kappa shape index (κ1) is 20.6. The lowest BCUT2D eigenvalue weighted by Gasteiger charge is -2.28. The zero-order chi connectivity index (χ0) is 24.6. The molecule has 0 aliphatic heterocycles. The van der Waals surface area contributed by atoms with Crippen LogP contribution in [0.3, 0.4) is 0 Å². The van der Waals surface area contributed by atoms with Gasteiger partial charge in [0.25, 0.3) is 0 Å². The molecule has 0 saturated carbocycles. The lowest BCUT2D eigenvalue weighted by Crippen LogP contribution is -2.22. The molecule has 0 saturated heterocycles. The van der Waals surface area contributed by atoms with Gasteiger partial charge in [-0.2, -0.15) is 0 Å². The maximum Gasteiger partial charge on any atom is 0.0541 e. The molecular formula is C36H25N. The highest BCUT2D eigenvalue weighted by atomic mass is 15.0. The van der Waals surface area contributed by atoms with Crippen molar-refractivity contribution in [3.63, 3.8) is 0 Å². The van der Waals surface area contributed by atoms with Gasteiger partial charge in [-0.05, 0) is 75.8 Å². The van der Waals surface area contributed by atoms with Crippen molar-refractivity contribution >= 4 is 32.6 Å².